The van der Waals surface area contributed by atoms with Crippen LogP contribution in [0.15, 0.2) is 12.1 Å². The summed E-state index contributed by atoms with van der Waals surface area (Å²) in [6, 6.07) is 3.07. The lowest BCUT2D eigenvalue weighted by Gasteiger charge is -2.48. The molecule has 2 fully saturated rings. The quantitative estimate of drug-likeness (QED) is 0.671. The molecule has 0 spiro atoms. The summed E-state index contributed by atoms with van der Waals surface area (Å²) >= 11 is 0. The van der Waals surface area contributed by atoms with Gasteiger partial charge in [0.15, 0.2) is 28.7 Å². The molecular weight excluding hydrogens is 390 g/mol. The van der Waals surface area contributed by atoms with Crippen molar-refractivity contribution < 1.29 is 34.2 Å². The molecule has 3 aliphatic rings. The Kier molecular flexibility index (Phi) is 4.47. The van der Waals surface area contributed by atoms with Gasteiger partial charge in [0, 0.05) is 32.1 Å². The highest BCUT2D eigenvalue weighted by Crippen LogP contribution is 2.51. The molecule has 0 saturated heterocycles. The topological polar surface area (TPSA) is 129 Å². The van der Waals surface area contributed by atoms with Crippen LogP contribution in [-0.4, -0.2) is 58.8 Å². The highest BCUT2D eigenvalue weighted by atomic mass is 16.3. The predicted molar refractivity (Wildman–Crippen MR) is 104 cm³/mol. The Morgan fingerprint density at radius 3 is 2.37 bits per heavy atom. The summed E-state index contributed by atoms with van der Waals surface area (Å²) in [7, 11) is 3.60. The maximum Gasteiger partial charge on any atom is 0.190 e. The van der Waals surface area contributed by atoms with Crippen molar-refractivity contribution in [2.75, 3.05) is 19.0 Å². The van der Waals surface area contributed by atoms with Crippen molar-refractivity contribution in [3.05, 3.63) is 23.3 Å². The van der Waals surface area contributed by atoms with E-state index in [1.54, 1.807) is 25.1 Å². The normalized spacial score (nSPS) is 32.9. The number of fused-ring (bicyclic) bond motifs is 3. The van der Waals surface area contributed by atoms with E-state index in [4.69, 9.17) is 0 Å². The number of aromatic hydroxyl groups is 1. The Morgan fingerprint density at radius 2 is 1.77 bits per heavy atom. The minimum absolute atomic E-state index is 0.0281. The number of Topliss-reactive ketones (excluding diaryl/α,β-unsaturated/α-hetero) is 5. The van der Waals surface area contributed by atoms with Gasteiger partial charge in [0.05, 0.1) is 11.5 Å². The van der Waals surface area contributed by atoms with Crippen molar-refractivity contribution in [3.8, 4) is 5.75 Å². The van der Waals surface area contributed by atoms with Gasteiger partial charge in [-0.25, -0.2) is 0 Å². The zero-order valence-corrected chi connectivity index (χ0v) is 17.0. The van der Waals surface area contributed by atoms with Crippen LogP contribution in [0.3, 0.4) is 0 Å². The summed E-state index contributed by atoms with van der Waals surface area (Å²) in [4.78, 5) is 65.6. The Labute approximate surface area is 172 Å². The van der Waals surface area contributed by atoms with E-state index in [9.17, 15) is 34.2 Å². The maximum absolute atomic E-state index is 13.3. The lowest BCUT2D eigenvalue weighted by molar-refractivity contribution is -0.175. The SMILES string of the molecule is CC(=O)C1C(=O)CC2CC3Cc4c(N(C)C)ccc(O)c4C(=O)C3C(=O)C2(O)C1=O. The van der Waals surface area contributed by atoms with Gasteiger partial charge in [0.1, 0.15) is 17.5 Å². The first-order valence-electron chi connectivity index (χ1n) is 9.90. The highest BCUT2D eigenvalue weighted by Gasteiger charge is 2.65. The monoisotopic (exact) mass is 413 g/mol. The number of nitrogens with zero attached hydrogens (tertiary/aromatic N) is 1. The molecular formula is C22H23NO7. The molecule has 158 valence electrons. The van der Waals surface area contributed by atoms with E-state index in [-0.39, 0.29) is 24.2 Å². The first-order valence-corrected chi connectivity index (χ1v) is 9.90. The Hall–Kier alpha value is -2.87. The van der Waals surface area contributed by atoms with Crippen molar-refractivity contribution in [2.24, 2.45) is 23.7 Å². The molecule has 2 saturated carbocycles. The number of ketones is 5. The fraction of sp³-hybridized carbons (Fsp3) is 0.500. The largest absolute Gasteiger partial charge is 0.507 e. The highest BCUT2D eigenvalue weighted by molar-refractivity contribution is 6.31. The van der Waals surface area contributed by atoms with Gasteiger partial charge in [-0.3, -0.25) is 24.0 Å². The molecule has 3 aliphatic carbocycles. The summed E-state index contributed by atoms with van der Waals surface area (Å²) in [6.07, 6.45) is 0.163. The molecule has 5 atom stereocenters. The molecule has 0 amide bonds. The van der Waals surface area contributed by atoms with Crippen LogP contribution >= 0.6 is 0 Å². The zero-order chi connectivity index (χ0) is 22.1. The number of carbonyl (C=O) groups excluding carboxylic acids is 5. The summed E-state index contributed by atoms with van der Waals surface area (Å²) in [5.74, 6) is -8.73. The molecule has 0 aliphatic heterocycles. The number of aliphatic hydroxyl groups is 1. The van der Waals surface area contributed by atoms with Gasteiger partial charge in [-0.1, -0.05) is 0 Å². The van der Waals surface area contributed by atoms with Gasteiger partial charge >= 0.3 is 0 Å². The molecule has 1 aromatic carbocycles. The van der Waals surface area contributed by atoms with E-state index in [0.29, 0.717) is 12.0 Å². The third-order valence-electron chi connectivity index (χ3n) is 6.86. The number of benzene rings is 1. The summed E-state index contributed by atoms with van der Waals surface area (Å²) in [5.41, 5.74) is -1.16. The molecule has 1 aromatic rings. The van der Waals surface area contributed by atoms with Crippen LogP contribution in [0.4, 0.5) is 5.69 Å². The van der Waals surface area contributed by atoms with Gasteiger partial charge < -0.3 is 15.1 Å². The molecule has 2 N–H and O–H groups in total. The second-order valence-electron chi connectivity index (χ2n) is 8.80. The third-order valence-corrected chi connectivity index (χ3v) is 6.86. The lowest BCUT2D eigenvalue weighted by atomic mass is 9.53. The van der Waals surface area contributed by atoms with E-state index in [0.717, 1.165) is 12.6 Å². The Bertz CT molecular complexity index is 1030. The maximum atomic E-state index is 13.3. The van der Waals surface area contributed by atoms with E-state index in [2.05, 4.69) is 0 Å². The molecule has 0 bridgehead atoms. The number of anilines is 1. The fourth-order valence-corrected chi connectivity index (χ4v) is 5.49. The number of carbonyl (C=O) groups is 5. The zero-order valence-electron chi connectivity index (χ0n) is 17.0. The van der Waals surface area contributed by atoms with Crippen LogP contribution in [-0.2, 0) is 25.6 Å². The number of phenolic OH excluding ortho intramolecular Hbond substituents is 1. The second kappa shape index (κ2) is 6.57. The Morgan fingerprint density at radius 1 is 1.10 bits per heavy atom. The third kappa shape index (κ3) is 2.52. The van der Waals surface area contributed by atoms with Gasteiger partial charge in [-0.2, -0.15) is 0 Å². The number of hydrogen-bond acceptors (Lipinski definition) is 8. The summed E-state index contributed by atoms with van der Waals surface area (Å²) < 4.78 is 0. The van der Waals surface area contributed by atoms with Crippen molar-refractivity contribution in [1.82, 2.24) is 0 Å². The van der Waals surface area contributed by atoms with E-state index < -0.39 is 58.2 Å². The van der Waals surface area contributed by atoms with Crippen molar-refractivity contribution >= 4 is 34.6 Å². The van der Waals surface area contributed by atoms with Gasteiger partial charge in [-0.15, -0.1) is 0 Å². The average molecular weight is 413 g/mol. The van der Waals surface area contributed by atoms with Crippen molar-refractivity contribution in [2.45, 2.75) is 31.8 Å². The molecule has 0 radical (unpaired) electrons. The minimum atomic E-state index is -2.53. The predicted octanol–water partition coefficient (Wildman–Crippen LogP) is 0.497. The molecule has 4 rings (SSSR count). The second-order valence-corrected chi connectivity index (χ2v) is 8.80. The molecule has 30 heavy (non-hydrogen) atoms. The minimum Gasteiger partial charge on any atom is -0.507 e. The standard InChI is InChI=1S/C22H23NO7/c1-9(24)16-15(26)8-11-6-10-7-12-13(23(2)3)4-5-14(25)18(12)19(27)17(10)21(29)22(11,30)20(16)28/h4-5,10-11,16-17,25,30H,6-8H2,1-3H3. The molecule has 0 heterocycles. The first kappa shape index (κ1) is 20.4. The van der Waals surface area contributed by atoms with E-state index >= 15 is 0 Å². The van der Waals surface area contributed by atoms with Crippen LogP contribution in [0, 0.1) is 23.7 Å². The summed E-state index contributed by atoms with van der Waals surface area (Å²) in [6.45, 7) is 1.07. The van der Waals surface area contributed by atoms with Crippen LogP contribution in [0.2, 0.25) is 0 Å². The lowest BCUT2D eigenvalue weighted by Crippen LogP contribution is -2.67. The van der Waals surface area contributed by atoms with Gasteiger partial charge in [0.2, 0.25) is 0 Å². The number of phenols is 1. The molecule has 8 heteroatoms. The van der Waals surface area contributed by atoms with Gasteiger partial charge in [-0.05, 0) is 43.4 Å². The van der Waals surface area contributed by atoms with E-state index in [1.165, 1.54) is 6.07 Å². The van der Waals surface area contributed by atoms with Crippen LogP contribution in [0.5, 0.6) is 5.75 Å². The number of rotatable bonds is 2. The van der Waals surface area contributed by atoms with Gasteiger partial charge in [0.25, 0.3) is 0 Å². The molecule has 8 nitrogen and oxygen atoms in total. The van der Waals surface area contributed by atoms with Crippen LogP contribution in [0.25, 0.3) is 0 Å². The Balaban J connectivity index is 1.83. The van der Waals surface area contributed by atoms with Crippen LogP contribution in [0.1, 0.15) is 35.7 Å². The van der Waals surface area contributed by atoms with Crippen molar-refractivity contribution in [1.29, 1.82) is 0 Å². The summed E-state index contributed by atoms with van der Waals surface area (Å²) in [5, 5.41) is 21.5. The average Bonchev–Trinajstić information content (AvgIpc) is 2.64. The van der Waals surface area contributed by atoms with E-state index in [1.807, 2.05) is 0 Å². The van der Waals surface area contributed by atoms with Crippen LogP contribution < -0.4 is 4.90 Å². The fourth-order valence-electron chi connectivity index (χ4n) is 5.49. The number of hydrogen-bond donors (Lipinski definition) is 2. The molecule has 0 aromatic heterocycles. The first-order chi connectivity index (χ1) is 14.0. The molecule has 5 unspecified atom stereocenters. The smallest absolute Gasteiger partial charge is 0.190 e. The van der Waals surface area contributed by atoms with Crippen molar-refractivity contribution in [3.63, 3.8) is 0 Å².